The predicted molar refractivity (Wildman–Crippen MR) is 193 cm³/mol. The summed E-state index contributed by atoms with van der Waals surface area (Å²) in [7, 11) is 0. The van der Waals surface area contributed by atoms with Crippen molar-refractivity contribution in [2.75, 3.05) is 19.7 Å². The molecule has 8 atom stereocenters. The summed E-state index contributed by atoms with van der Waals surface area (Å²) in [5.74, 6) is -3.29. The number of aliphatic hydroxyl groups is 1. The van der Waals surface area contributed by atoms with Crippen molar-refractivity contribution in [3.05, 3.63) is 97.1 Å². The van der Waals surface area contributed by atoms with E-state index in [4.69, 9.17) is 9.47 Å². The number of unbranched alkanes of at least 4 members (excludes halogenated alkanes) is 2. The molecule has 2 aromatic rings. The summed E-state index contributed by atoms with van der Waals surface area (Å²) < 4.78 is 13.0. The minimum atomic E-state index is -1.25. The molecule has 2 bridgehead atoms. The number of hydrogen-bond acceptors (Lipinski definition) is 7. The first-order valence-electron chi connectivity index (χ1n) is 17.5. The minimum absolute atomic E-state index is 0.0345. The third kappa shape index (κ3) is 7.75. The number of ether oxygens (including phenoxy) is 2. The Morgan fingerprint density at radius 3 is 2.46 bits per heavy atom. The number of fused-ring (bicyclic) bond motifs is 1. The fourth-order valence-corrected chi connectivity index (χ4v) is 8.74. The molecule has 3 aliphatic heterocycles. The number of amides is 3. The van der Waals surface area contributed by atoms with Gasteiger partial charge in [0.25, 0.3) is 0 Å². The van der Waals surface area contributed by atoms with Crippen LogP contribution in [0.2, 0.25) is 0 Å². The quantitative estimate of drug-likeness (QED) is 0.0965. The molecule has 3 fully saturated rings. The number of esters is 1. The van der Waals surface area contributed by atoms with Gasteiger partial charge < -0.3 is 29.7 Å². The molecule has 0 radical (unpaired) electrons. The van der Waals surface area contributed by atoms with Crippen LogP contribution < -0.4 is 5.32 Å². The topological polar surface area (TPSA) is 125 Å². The summed E-state index contributed by atoms with van der Waals surface area (Å²) in [6.45, 7) is 10.3. The molecule has 3 heterocycles. The molecule has 0 aliphatic carbocycles. The second kappa shape index (κ2) is 16.9. The number of rotatable bonds is 18. The van der Waals surface area contributed by atoms with Crippen LogP contribution in [0.15, 0.2) is 86.0 Å². The van der Waals surface area contributed by atoms with Crippen LogP contribution in [-0.4, -0.2) is 86.9 Å². The molecule has 3 saturated heterocycles. The third-order valence-corrected chi connectivity index (χ3v) is 10.9. The number of aliphatic hydroxyl groups excluding tert-OH is 1. The number of nitrogens with zero attached hydrogens (tertiary/aromatic N) is 2. The van der Waals surface area contributed by atoms with Crippen LogP contribution >= 0.6 is 15.9 Å². The molecule has 1 unspecified atom stereocenters. The molecule has 3 aliphatic rings. The molecule has 0 aromatic heterocycles. The number of likely N-dealkylation sites (tertiary alicyclic amines) is 1. The average molecular weight is 751 g/mol. The second-order valence-corrected chi connectivity index (χ2v) is 14.6. The number of nitrogens with one attached hydrogen (secondary N) is 1. The van der Waals surface area contributed by atoms with Gasteiger partial charge in [0, 0.05) is 37.5 Å². The Bertz CT molecular complexity index is 1520. The summed E-state index contributed by atoms with van der Waals surface area (Å²) in [6.07, 6.45) is 4.77. The van der Waals surface area contributed by atoms with Crippen molar-refractivity contribution >= 4 is 39.6 Å². The first kappa shape index (κ1) is 37.5. The van der Waals surface area contributed by atoms with Gasteiger partial charge in [0.2, 0.25) is 17.7 Å². The summed E-state index contributed by atoms with van der Waals surface area (Å²) in [6, 6.07) is 17.3. The Labute approximate surface area is 303 Å². The van der Waals surface area contributed by atoms with Gasteiger partial charge in [-0.25, -0.2) is 0 Å². The summed E-state index contributed by atoms with van der Waals surface area (Å²) in [5, 5.41) is 12.3. The van der Waals surface area contributed by atoms with Crippen LogP contribution in [0.3, 0.4) is 0 Å². The Morgan fingerprint density at radius 1 is 1.10 bits per heavy atom. The first-order chi connectivity index (χ1) is 24.2. The monoisotopic (exact) mass is 749 g/mol. The first-order valence-corrected chi connectivity index (χ1v) is 18.4. The molecular weight excluding hydrogens is 702 g/mol. The fourth-order valence-electron chi connectivity index (χ4n) is 7.79. The van der Waals surface area contributed by atoms with Crippen molar-refractivity contribution in [3.63, 3.8) is 0 Å². The average Bonchev–Trinajstić information content (AvgIpc) is 3.71. The highest BCUT2D eigenvalue weighted by Crippen LogP contribution is 2.60. The summed E-state index contributed by atoms with van der Waals surface area (Å²) in [4.78, 5) is 59.3. The second-order valence-electron chi connectivity index (χ2n) is 13.4. The lowest BCUT2D eigenvalue weighted by atomic mass is 9.70. The van der Waals surface area contributed by atoms with Crippen molar-refractivity contribution in [1.82, 2.24) is 15.1 Å². The van der Waals surface area contributed by atoms with Crippen LogP contribution in [0.4, 0.5) is 0 Å². The van der Waals surface area contributed by atoms with E-state index in [-0.39, 0.29) is 48.7 Å². The van der Waals surface area contributed by atoms with Crippen LogP contribution in [-0.2, 0) is 35.2 Å². The number of carbonyl (C=O) groups is 4. The molecule has 50 heavy (non-hydrogen) atoms. The minimum Gasteiger partial charge on any atom is -0.455 e. The van der Waals surface area contributed by atoms with Crippen LogP contribution in [0.5, 0.6) is 0 Å². The molecule has 10 nitrogen and oxygen atoms in total. The van der Waals surface area contributed by atoms with E-state index in [1.807, 2.05) is 60.7 Å². The molecule has 268 valence electrons. The van der Waals surface area contributed by atoms with Crippen molar-refractivity contribution in [2.24, 2.45) is 11.8 Å². The molecular formula is C39H48BrN3O7. The van der Waals surface area contributed by atoms with Gasteiger partial charge in [-0.15, -0.1) is 13.2 Å². The van der Waals surface area contributed by atoms with E-state index < -0.39 is 47.7 Å². The van der Waals surface area contributed by atoms with Gasteiger partial charge in [-0.3, -0.25) is 19.2 Å². The Balaban J connectivity index is 1.47. The number of alkyl halides is 1. The zero-order valence-corrected chi connectivity index (χ0v) is 30.2. The highest BCUT2D eigenvalue weighted by atomic mass is 79.9. The van der Waals surface area contributed by atoms with E-state index in [0.717, 1.165) is 5.56 Å². The van der Waals surface area contributed by atoms with Crippen molar-refractivity contribution < 1.29 is 33.8 Å². The zero-order chi connectivity index (χ0) is 35.8. The van der Waals surface area contributed by atoms with Crippen molar-refractivity contribution in [2.45, 2.75) is 86.7 Å². The van der Waals surface area contributed by atoms with Crippen LogP contribution in [0, 0.1) is 11.8 Å². The molecule has 0 saturated carbocycles. The standard InChI is InChI=1S/C39H48BrN3O7/c1-4-6-20-30(45)41-26(3)33(28-18-12-8-13-19-28)49-38(48)31-32-36(46)43(22-14-9-15-23-44)35(39(32)24-29(40)34(31)50-39)37(47)42(21-5-2)25-27-16-10-7-11-17-27/h4-5,7-8,10-13,16-19,26,29,31-35,44H,1-2,6,9,14-15,20-25H2,3H3,(H,41,45)/t26-,29?,31-,32+,33-,34-,35-,39+/m1/s1. The molecule has 2 aromatic carbocycles. The zero-order valence-electron chi connectivity index (χ0n) is 28.6. The van der Waals surface area contributed by atoms with E-state index in [9.17, 15) is 24.3 Å². The number of allylic oxidation sites excluding steroid dienone is 1. The number of hydrogen-bond donors (Lipinski definition) is 2. The van der Waals surface area contributed by atoms with E-state index >= 15 is 0 Å². The smallest absolute Gasteiger partial charge is 0.313 e. The molecule has 5 rings (SSSR count). The molecule has 3 amide bonds. The van der Waals surface area contributed by atoms with E-state index in [1.165, 1.54) is 0 Å². The van der Waals surface area contributed by atoms with E-state index in [1.54, 1.807) is 28.9 Å². The molecule has 2 N–H and O–H groups in total. The summed E-state index contributed by atoms with van der Waals surface area (Å²) >= 11 is 3.75. The highest BCUT2D eigenvalue weighted by Gasteiger charge is 2.77. The lowest BCUT2D eigenvalue weighted by molar-refractivity contribution is -0.162. The lowest BCUT2D eigenvalue weighted by Gasteiger charge is -2.37. The molecule has 1 spiro atoms. The summed E-state index contributed by atoms with van der Waals surface area (Å²) in [5.41, 5.74) is 0.379. The van der Waals surface area contributed by atoms with Crippen LogP contribution in [0.25, 0.3) is 0 Å². The lowest BCUT2D eigenvalue weighted by Crippen LogP contribution is -2.56. The normalized spacial score (nSPS) is 26.2. The third-order valence-electron chi connectivity index (χ3n) is 10.0. The van der Waals surface area contributed by atoms with Crippen molar-refractivity contribution in [1.29, 1.82) is 0 Å². The van der Waals surface area contributed by atoms with Crippen molar-refractivity contribution in [3.8, 4) is 0 Å². The van der Waals surface area contributed by atoms with Crippen LogP contribution in [0.1, 0.15) is 62.7 Å². The Kier molecular flexibility index (Phi) is 12.7. The van der Waals surface area contributed by atoms with E-state index in [0.29, 0.717) is 44.2 Å². The largest absolute Gasteiger partial charge is 0.455 e. The van der Waals surface area contributed by atoms with Gasteiger partial charge in [-0.1, -0.05) is 88.7 Å². The maximum atomic E-state index is 14.7. The predicted octanol–water partition coefficient (Wildman–Crippen LogP) is 4.87. The van der Waals surface area contributed by atoms with Gasteiger partial charge in [-0.2, -0.15) is 0 Å². The SMILES string of the molecule is C=CCCC(=O)N[C@H](C)[C@@H](OC(=O)[C@H]1[C@@H]2O[C@@]3(CC2Br)[C@@H]1C(=O)N(CCCCCO)[C@@H]3C(=O)N(CC=C)Cc1ccccc1)c1ccccc1. The van der Waals surface area contributed by atoms with Gasteiger partial charge in [0.15, 0.2) is 0 Å². The fraction of sp³-hybridized carbons (Fsp3) is 0.487. The highest BCUT2D eigenvalue weighted by molar-refractivity contribution is 9.09. The Morgan fingerprint density at radius 2 is 1.80 bits per heavy atom. The van der Waals surface area contributed by atoms with Gasteiger partial charge >= 0.3 is 5.97 Å². The Hall–Kier alpha value is -3.80. The molecule has 11 heteroatoms. The van der Waals surface area contributed by atoms with Gasteiger partial charge in [0.05, 0.1) is 24.0 Å². The maximum Gasteiger partial charge on any atom is 0.313 e. The number of benzene rings is 2. The van der Waals surface area contributed by atoms with Gasteiger partial charge in [0.1, 0.15) is 17.7 Å². The van der Waals surface area contributed by atoms with Gasteiger partial charge in [-0.05, 0) is 50.2 Å². The maximum absolute atomic E-state index is 14.7. The number of halogens is 1. The van der Waals surface area contributed by atoms with E-state index in [2.05, 4.69) is 34.4 Å². The number of carbonyl (C=O) groups excluding carboxylic acids is 4.